The van der Waals surface area contributed by atoms with Gasteiger partial charge in [0.15, 0.2) is 0 Å². The van der Waals surface area contributed by atoms with Crippen molar-refractivity contribution >= 4 is 0 Å². The third-order valence-electron chi connectivity index (χ3n) is 4.57. The van der Waals surface area contributed by atoms with Gasteiger partial charge in [0.2, 0.25) is 11.8 Å². The number of nitriles is 1. The fourth-order valence-electron chi connectivity index (χ4n) is 3.45. The molecule has 2 N–H and O–H groups in total. The summed E-state index contributed by atoms with van der Waals surface area (Å²) in [5, 5.41) is 18.8. The minimum absolute atomic E-state index is 0.0981. The molecule has 26 heavy (non-hydrogen) atoms. The van der Waals surface area contributed by atoms with E-state index in [1.54, 1.807) is 9.36 Å². The van der Waals surface area contributed by atoms with Crippen molar-refractivity contribution in [3.05, 3.63) is 70.5 Å². The Morgan fingerprint density at radius 1 is 1.19 bits per heavy atom. The van der Waals surface area contributed by atoms with Crippen LogP contribution in [-0.4, -0.2) is 19.6 Å². The summed E-state index contributed by atoms with van der Waals surface area (Å²) in [6, 6.07) is 13.9. The molecular formula is C19H18N6O. The van der Waals surface area contributed by atoms with E-state index in [4.69, 9.17) is 10.5 Å². The van der Waals surface area contributed by atoms with Gasteiger partial charge in [-0.1, -0.05) is 18.2 Å². The molecule has 3 heterocycles. The Bertz CT molecular complexity index is 1070. The van der Waals surface area contributed by atoms with E-state index in [0.717, 1.165) is 28.3 Å². The number of aryl methyl sites for hydroxylation is 3. The fourth-order valence-corrected chi connectivity index (χ4v) is 3.45. The lowest BCUT2D eigenvalue weighted by Gasteiger charge is -2.24. The zero-order valence-electron chi connectivity index (χ0n) is 14.8. The predicted octanol–water partition coefficient (Wildman–Crippen LogP) is 2.44. The largest absolute Gasteiger partial charge is 0.422 e. The summed E-state index contributed by atoms with van der Waals surface area (Å²) < 4.78 is 9.35. The average molecular weight is 346 g/mol. The van der Waals surface area contributed by atoms with Crippen LogP contribution in [0.3, 0.4) is 0 Å². The average Bonchev–Trinajstić information content (AvgIpc) is 3.13. The van der Waals surface area contributed by atoms with Crippen molar-refractivity contribution in [1.82, 2.24) is 19.6 Å². The summed E-state index contributed by atoms with van der Waals surface area (Å²) in [5.74, 6) is 0.266. The Balaban J connectivity index is 1.99. The molecule has 4 rings (SSSR count). The van der Waals surface area contributed by atoms with Crippen LogP contribution in [0.2, 0.25) is 0 Å². The van der Waals surface area contributed by atoms with Gasteiger partial charge in [-0.25, -0.2) is 4.68 Å². The van der Waals surface area contributed by atoms with E-state index in [-0.39, 0.29) is 11.8 Å². The molecule has 0 aliphatic carbocycles. The van der Waals surface area contributed by atoms with Gasteiger partial charge in [0, 0.05) is 7.05 Å². The number of nitrogens with two attached hydrogens (primary N) is 1. The van der Waals surface area contributed by atoms with Crippen LogP contribution in [0.1, 0.15) is 28.6 Å². The maximum atomic E-state index is 9.71. The quantitative estimate of drug-likeness (QED) is 0.769. The molecule has 0 spiro atoms. The number of aromatic nitrogens is 4. The molecule has 1 aliphatic heterocycles. The van der Waals surface area contributed by atoms with Crippen LogP contribution in [-0.2, 0) is 7.05 Å². The van der Waals surface area contributed by atoms with Gasteiger partial charge in [-0.15, -0.1) is 0 Å². The molecule has 7 heteroatoms. The van der Waals surface area contributed by atoms with E-state index in [9.17, 15) is 5.26 Å². The van der Waals surface area contributed by atoms with Crippen LogP contribution in [0.5, 0.6) is 5.88 Å². The second-order valence-corrected chi connectivity index (χ2v) is 6.31. The predicted molar refractivity (Wildman–Crippen MR) is 95.5 cm³/mol. The number of fused-ring (bicyclic) bond motifs is 1. The van der Waals surface area contributed by atoms with Gasteiger partial charge in [0.25, 0.3) is 0 Å². The highest BCUT2D eigenvalue weighted by molar-refractivity contribution is 5.56. The van der Waals surface area contributed by atoms with Crippen LogP contribution < -0.4 is 10.5 Å². The molecule has 2 aromatic heterocycles. The van der Waals surface area contributed by atoms with Crippen LogP contribution in [0, 0.1) is 25.2 Å². The van der Waals surface area contributed by atoms with Crippen LogP contribution >= 0.6 is 0 Å². The topological polar surface area (TPSA) is 94.7 Å². The van der Waals surface area contributed by atoms with Gasteiger partial charge < -0.3 is 10.5 Å². The zero-order chi connectivity index (χ0) is 18.4. The van der Waals surface area contributed by atoms with E-state index in [1.807, 2.05) is 57.3 Å². The molecule has 0 bridgehead atoms. The smallest absolute Gasteiger partial charge is 0.229 e. The number of rotatable bonds is 2. The first kappa shape index (κ1) is 16.0. The fraction of sp³-hybridized carbons (Fsp3) is 0.211. The molecule has 0 radical (unpaired) electrons. The van der Waals surface area contributed by atoms with Gasteiger partial charge in [-0.05, 0) is 32.0 Å². The number of hydrogen-bond acceptors (Lipinski definition) is 5. The molecule has 7 nitrogen and oxygen atoms in total. The molecule has 1 aromatic carbocycles. The molecule has 1 aliphatic rings. The minimum atomic E-state index is -0.368. The third kappa shape index (κ3) is 2.27. The van der Waals surface area contributed by atoms with Crippen molar-refractivity contribution in [2.24, 2.45) is 12.8 Å². The summed E-state index contributed by atoms with van der Waals surface area (Å²) in [6.45, 7) is 3.83. The maximum absolute atomic E-state index is 9.71. The molecule has 1 unspecified atom stereocenters. The van der Waals surface area contributed by atoms with Crippen LogP contribution in [0.4, 0.5) is 0 Å². The standard InChI is InChI=1S/C19H18N6O/c1-11-9-15(24(3)22-11)17-14(10-20)18(21)26-19-16(17)12(2)23-25(19)13-7-5-4-6-8-13/h4-9,17H,21H2,1-3H3. The molecule has 0 saturated heterocycles. The third-order valence-corrected chi connectivity index (χ3v) is 4.57. The van der Waals surface area contributed by atoms with Gasteiger partial charge in [0.1, 0.15) is 11.6 Å². The zero-order valence-corrected chi connectivity index (χ0v) is 14.8. The van der Waals surface area contributed by atoms with Crippen molar-refractivity contribution in [3.8, 4) is 17.6 Å². The van der Waals surface area contributed by atoms with Gasteiger partial charge in [-0.3, -0.25) is 4.68 Å². The van der Waals surface area contributed by atoms with Gasteiger partial charge in [-0.2, -0.15) is 15.5 Å². The Morgan fingerprint density at radius 2 is 1.92 bits per heavy atom. The first-order valence-corrected chi connectivity index (χ1v) is 8.24. The lowest BCUT2D eigenvalue weighted by Crippen LogP contribution is -2.23. The number of nitrogens with zero attached hydrogens (tertiary/aromatic N) is 5. The minimum Gasteiger partial charge on any atom is -0.422 e. The molecular weight excluding hydrogens is 328 g/mol. The van der Waals surface area contributed by atoms with Gasteiger partial charge in [0.05, 0.1) is 34.3 Å². The van der Waals surface area contributed by atoms with Crippen LogP contribution in [0.15, 0.2) is 47.9 Å². The molecule has 1 atom stereocenters. The first-order valence-electron chi connectivity index (χ1n) is 8.24. The second-order valence-electron chi connectivity index (χ2n) is 6.31. The summed E-state index contributed by atoms with van der Waals surface area (Å²) >= 11 is 0. The van der Waals surface area contributed by atoms with Crippen LogP contribution in [0.25, 0.3) is 5.69 Å². The first-order chi connectivity index (χ1) is 12.5. The normalized spacial score (nSPS) is 16.2. The Hall–Kier alpha value is -3.53. The lowest BCUT2D eigenvalue weighted by atomic mass is 9.87. The van der Waals surface area contributed by atoms with E-state index in [2.05, 4.69) is 16.3 Å². The van der Waals surface area contributed by atoms with Gasteiger partial charge >= 0.3 is 0 Å². The number of allylic oxidation sites excluding steroid dienone is 1. The second kappa shape index (κ2) is 5.77. The van der Waals surface area contributed by atoms with Crippen molar-refractivity contribution in [3.63, 3.8) is 0 Å². The summed E-state index contributed by atoms with van der Waals surface area (Å²) in [5.41, 5.74) is 10.7. The maximum Gasteiger partial charge on any atom is 0.229 e. The Morgan fingerprint density at radius 3 is 2.54 bits per heavy atom. The number of para-hydroxylation sites is 1. The molecule has 3 aromatic rings. The highest BCUT2D eigenvalue weighted by Crippen LogP contribution is 2.44. The molecule has 0 saturated carbocycles. The van der Waals surface area contributed by atoms with Crippen molar-refractivity contribution in [1.29, 1.82) is 5.26 Å². The summed E-state index contributed by atoms with van der Waals surface area (Å²) in [4.78, 5) is 0. The van der Waals surface area contributed by atoms with E-state index < -0.39 is 0 Å². The van der Waals surface area contributed by atoms with E-state index >= 15 is 0 Å². The lowest BCUT2D eigenvalue weighted by molar-refractivity contribution is 0.365. The summed E-state index contributed by atoms with van der Waals surface area (Å²) in [6.07, 6.45) is 0. The van der Waals surface area contributed by atoms with Crippen molar-refractivity contribution < 1.29 is 4.74 Å². The summed E-state index contributed by atoms with van der Waals surface area (Å²) in [7, 11) is 1.86. The van der Waals surface area contributed by atoms with E-state index in [0.29, 0.717) is 11.5 Å². The highest BCUT2D eigenvalue weighted by Gasteiger charge is 2.37. The van der Waals surface area contributed by atoms with Crippen molar-refractivity contribution in [2.75, 3.05) is 0 Å². The highest BCUT2D eigenvalue weighted by atomic mass is 16.5. The monoisotopic (exact) mass is 346 g/mol. The molecule has 0 fully saturated rings. The SMILES string of the molecule is Cc1cc(C2C(C#N)=C(N)Oc3c2c(C)nn3-c2ccccc2)n(C)n1. The van der Waals surface area contributed by atoms with Crippen molar-refractivity contribution in [2.45, 2.75) is 19.8 Å². The molecule has 130 valence electrons. The van der Waals surface area contributed by atoms with E-state index in [1.165, 1.54) is 0 Å². The Kier molecular flexibility index (Phi) is 3.55. The molecule has 0 amide bonds. The number of benzene rings is 1. The number of ether oxygens (including phenoxy) is 1. The Labute approximate surface area is 150 Å². The number of hydrogen-bond donors (Lipinski definition) is 1.